The van der Waals surface area contributed by atoms with Crippen molar-refractivity contribution in [1.29, 1.82) is 0 Å². The smallest absolute Gasteiger partial charge is 0.255 e. The Morgan fingerprint density at radius 3 is 2.47 bits per heavy atom. The molecule has 3 aliphatic rings. The van der Waals surface area contributed by atoms with Crippen molar-refractivity contribution < 1.29 is 18.8 Å². The second kappa shape index (κ2) is 9.02. The lowest BCUT2D eigenvalue weighted by molar-refractivity contribution is -0.136. The van der Waals surface area contributed by atoms with E-state index in [0.717, 1.165) is 44.0 Å². The number of nitrogens with one attached hydrogen (secondary N) is 1. The fraction of sp³-hybridized carbons (Fsp3) is 0.321. The molecule has 1 N–H and O–H groups in total. The maximum atomic E-state index is 14.6. The van der Waals surface area contributed by atoms with Crippen LogP contribution in [0.2, 0.25) is 0 Å². The molecule has 0 aromatic heterocycles. The van der Waals surface area contributed by atoms with Crippen molar-refractivity contribution in [2.45, 2.75) is 32.0 Å². The number of piperidine rings is 1. The Morgan fingerprint density at radius 2 is 1.69 bits per heavy atom. The lowest BCUT2D eigenvalue weighted by atomic mass is 10.0. The van der Waals surface area contributed by atoms with Gasteiger partial charge < -0.3 is 9.80 Å². The number of anilines is 1. The average molecular weight is 487 g/mol. The summed E-state index contributed by atoms with van der Waals surface area (Å²) in [5, 5.41) is 4.78. The predicted octanol–water partition coefficient (Wildman–Crippen LogP) is 3.06. The van der Waals surface area contributed by atoms with E-state index in [0.29, 0.717) is 5.56 Å². The second-order valence-electron chi connectivity index (χ2n) is 9.80. The van der Waals surface area contributed by atoms with E-state index in [-0.39, 0.29) is 31.2 Å². The molecule has 36 heavy (non-hydrogen) atoms. The highest BCUT2D eigenvalue weighted by molar-refractivity contribution is 6.06. The van der Waals surface area contributed by atoms with Crippen LogP contribution in [0.3, 0.4) is 0 Å². The SMILES string of the molecule is O=C1CCC(N2Cc3c(cc(F)cc3N3CCN(Cc4ccc5ccccc5c4)CC3)C2=O)C(=O)N1. The number of hydrogen-bond acceptors (Lipinski definition) is 5. The maximum Gasteiger partial charge on any atom is 0.255 e. The number of carbonyl (C=O) groups is 3. The van der Waals surface area contributed by atoms with Gasteiger partial charge in [0, 0.05) is 62.5 Å². The van der Waals surface area contributed by atoms with Gasteiger partial charge in [0.15, 0.2) is 0 Å². The molecule has 184 valence electrons. The van der Waals surface area contributed by atoms with E-state index in [1.165, 1.54) is 33.4 Å². The van der Waals surface area contributed by atoms with Crippen molar-refractivity contribution in [2.24, 2.45) is 0 Å². The number of imide groups is 1. The van der Waals surface area contributed by atoms with Crippen LogP contribution in [-0.2, 0) is 22.7 Å². The van der Waals surface area contributed by atoms with E-state index in [1.807, 2.05) is 12.1 Å². The predicted molar refractivity (Wildman–Crippen MR) is 134 cm³/mol. The first-order valence-corrected chi connectivity index (χ1v) is 12.4. The molecule has 0 radical (unpaired) electrons. The normalized spacial score (nSPS) is 20.7. The zero-order valence-corrected chi connectivity index (χ0v) is 19.9. The van der Waals surface area contributed by atoms with Crippen molar-refractivity contribution >= 4 is 34.2 Å². The highest BCUT2D eigenvalue weighted by Gasteiger charge is 2.41. The van der Waals surface area contributed by atoms with Gasteiger partial charge in [-0.15, -0.1) is 0 Å². The zero-order valence-electron chi connectivity index (χ0n) is 19.9. The van der Waals surface area contributed by atoms with Crippen molar-refractivity contribution in [3.63, 3.8) is 0 Å². The number of fused-ring (bicyclic) bond motifs is 2. The largest absolute Gasteiger partial charge is 0.369 e. The summed E-state index contributed by atoms with van der Waals surface area (Å²) in [5.74, 6) is -1.60. The standard InChI is InChI=1S/C28H27FN4O3/c29-21-14-22-23(17-33(28(22)36)24-7-8-26(34)30-27(24)35)25(15-21)32-11-9-31(10-12-32)16-18-5-6-19-3-1-2-4-20(19)13-18/h1-6,13-15,24H,7-12,16-17H2,(H,30,34,35). The first-order valence-electron chi connectivity index (χ1n) is 12.4. The highest BCUT2D eigenvalue weighted by atomic mass is 19.1. The number of nitrogens with zero attached hydrogens (tertiary/aromatic N) is 3. The Morgan fingerprint density at radius 1 is 0.917 bits per heavy atom. The van der Waals surface area contributed by atoms with E-state index in [2.05, 4.69) is 45.4 Å². The molecule has 0 spiro atoms. The number of carbonyl (C=O) groups excluding carboxylic acids is 3. The van der Waals surface area contributed by atoms with E-state index < -0.39 is 17.8 Å². The number of benzene rings is 3. The number of halogens is 1. The lowest BCUT2D eigenvalue weighted by Crippen LogP contribution is -2.52. The third-order valence-corrected chi connectivity index (χ3v) is 7.53. The first-order chi connectivity index (χ1) is 17.5. The molecule has 1 atom stereocenters. The third-order valence-electron chi connectivity index (χ3n) is 7.53. The topological polar surface area (TPSA) is 73.0 Å². The number of piperazine rings is 1. The Labute approximate surface area is 208 Å². The molecule has 3 aliphatic heterocycles. The van der Waals surface area contributed by atoms with Crippen LogP contribution in [0.1, 0.15) is 34.3 Å². The van der Waals surface area contributed by atoms with Crippen molar-refractivity contribution in [3.8, 4) is 0 Å². The van der Waals surface area contributed by atoms with Gasteiger partial charge in [0.25, 0.3) is 5.91 Å². The molecule has 3 aromatic rings. The summed E-state index contributed by atoms with van der Waals surface area (Å²) >= 11 is 0. The van der Waals surface area contributed by atoms with Gasteiger partial charge >= 0.3 is 0 Å². The summed E-state index contributed by atoms with van der Waals surface area (Å²) in [6.45, 7) is 4.17. The van der Waals surface area contributed by atoms with Gasteiger partial charge in [0.2, 0.25) is 11.8 Å². The fourth-order valence-corrected chi connectivity index (χ4v) is 5.63. The molecule has 8 heteroatoms. The Balaban J connectivity index is 1.17. The molecule has 0 saturated carbocycles. The molecular formula is C28H27FN4O3. The number of rotatable bonds is 4. The van der Waals surface area contributed by atoms with Crippen molar-refractivity contribution in [2.75, 3.05) is 31.1 Å². The Kier molecular flexibility index (Phi) is 5.68. The molecule has 3 aromatic carbocycles. The minimum Gasteiger partial charge on any atom is -0.369 e. The van der Waals surface area contributed by atoms with Gasteiger partial charge in [0.05, 0.1) is 0 Å². The molecule has 0 bridgehead atoms. The van der Waals surface area contributed by atoms with Crippen LogP contribution < -0.4 is 10.2 Å². The van der Waals surface area contributed by atoms with Gasteiger partial charge in [-0.2, -0.15) is 0 Å². The van der Waals surface area contributed by atoms with Gasteiger partial charge in [0.1, 0.15) is 11.9 Å². The Bertz CT molecular complexity index is 1380. The van der Waals surface area contributed by atoms with Gasteiger partial charge in [-0.05, 0) is 41.0 Å². The summed E-state index contributed by atoms with van der Waals surface area (Å²) in [4.78, 5) is 43.1. The zero-order chi connectivity index (χ0) is 24.8. The second-order valence-corrected chi connectivity index (χ2v) is 9.80. The van der Waals surface area contributed by atoms with Crippen LogP contribution in [0.5, 0.6) is 0 Å². The molecule has 1 unspecified atom stereocenters. The Hall–Kier alpha value is -3.78. The lowest BCUT2D eigenvalue weighted by Gasteiger charge is -2.37. The van der Waals surface area contributed by atoms with Crippen LogP contribution in [0.25, 0.3) is 10.8 Å². The molecule has 3 amide bonds. The molecule has 2 fully saturated rings. The van der Waals surface area contributed by atoms with Crippen LogP contribution in [-0.4, -0.2) is 59.7 Å². The molecule has 6 rings (SSSR count). The monoisotopic (exact) mass is 486 g/mol. The number of amides is 3. The molecule has 2 saturated heterocycles. The van der Waals surface area contributed by atoms with Crippen LogP contribution in [0, 0.1) is 5.82 Å². The molecule has 7 nitrogen and oxygen atoms in total. The van der Waals surface area contributed by atoms with Gasteiger partial charge in [-0.25, -0.2) is 4.39 Å². The van der Waals surface area contributed by atoms with Crippen LogP contribution >= 0.6 is 0 Å². The minimum absolute atomic E-state index is 0.191. The van der Waals surface area contributed by atoms with E-state index in [4.69, 9.17) is 0 Å². The third kappa shape index (κ3) is 4.11. The molecular weight excluding hydrogens is 459 g/mol. The minimum atomic E-state index is -0.711. The quantitative estimate of drug-likeness (QED) is 0.574. The van der Waals surface area contributed by atoms with Gasteiger partial charge in [-0.3, -0.25) is 24.6 Å². The van der Waals surface area contributed by atoms with Crippen molar-refractivity contribution in [3.05, 3.63) is 77.1 Å². The summed E-state index contributed by atoms with van der Waals surface area (Å²) < 4.78 is 14.6. The average Bonchev–Trinajstić information content (AvgIpc) is 3.20. The van der Waals surface area contributed by atoms with Crippen molar-refractivity contribution in [1.82, 2.24) is 15.1 Å². The van der Waals surface area contributed by atoms with Gasteiger partial charge in [-0.1, -0.05) is 36.4 Å². The maximum absolute atomic E-state index is 14.6. The van der Waals surface area contributed by atoms with Crippen LogP contribution in [0.15, 0.2) is 54.6 Å². The first kappa shape index (κ1) is 22.7. The fourth-order valence-electron chi connectivity index (χ4n) is 5.63. The van der Waals surface area contributed by atoms with E-state index in [1.54, 1.807) is 0 Å². The van der Waals surface area contributed by atoms with E-state index in [9.17, 15) is 18.8 Å². The molecule has 3 heterocycles. The highest BCUT2D eigenvalue weighted by Crippen LogP contribution is 2.35. The molecule has 0 aliphatic carbocycles. The summed E-state index contributed by atoms with van der Waals surface area (Å²) in [7, 11) is 0. The summed E-state index contributed by atoms with van der Waals surface area (Å²) in [5.41, 5.74) is 3.06. The van der Waals surface area contributed by atoms with E-state index >= 15 is 0 Å². The van der Waals surface area contributed by atoms with Crippen LogP contribution in [0.4, 0.5) is 10.1 Å². The summed E-state index contributed by atoms with van der Waals surface area (Å²) in [6.07, 6.45) is 0.479. The summed E-state index contributed by atoms with van der Waals surface area (Å²) in [6, 6.07) is 16.9. The number of hydrogen-bond donors (Lipinski definition) is 1.